The van der Waals surface area contributed by atoms with Crippen LogP contribution in [0.2, 0.25) is 0 Å². The summed E-state index contributed by atoms with van der Waals surface area (Å²) in [6.45, 7) is 2.98. The van der Waals surface area contributed by atoms with E-state index in [2.05, 4.69) is 20.2 Å². The fourth-order valence-electron chi connectivity index (χ4n) is 2.86. The smallest absolute Gasteiger partial charge is 0.317 e. The van der Waals surface area contributed by atoms with E-state index in [1.165, 1.54) is 4.90 Å². The van der Waals surface area contributed by atoms with Gasteiger partial charge in [-0.15, -0.1) is 0 Å². The molecule has 0 bridgehead atoms. The highest BCUT2D eigenvalue weighted by Gasteiger charge is 2.20. The summed E-state index contributed by atoms with van der Waals surface area (Å²) < 4.78 is 5.49. The van der Waals surface area contributed by atoms with Crippen LogP contribution in [0.3, 0.4) is 0 Å². The van der Waals surface area contributed by atoms with E-state index in [1.807, 2.05) is 0 Å². The monoisotopic (exact) mass is 372 g/mol. The molecule has 2 aromatic heterocycles. The number of rotatable bonds is 4. The number of hydrogen-bond donors (Lipinski definition) is 1. The molecule has 2 aromatic rings. The van der Waals surface area contributed by atoms with Crippen molar-refractivity contribution in [2.45, 2.75) is 13.0 Å². The van der Waals surface area contributed by atoms with Crippen LogP contribution in [-0.4, -0.2) is 72.0 Å². The zero-order valence-corrected chi connectivity index (χ0v) is 15.6. The molecule has 9 nitrogen and oxygen atoms in total. The lowest BCUT2D eigenvalue weighted by Gasteiger charge is -2.22. The SMILES string of the molecule is CN(C)C(=O)c1ccc(CNC(=O)N2CCCN(c3ncccn3)CC2)o1. The average molecular weight is 372 g/mol. The van der Waals surface area contributed by atoms with Gasteiger partial charge in [0.2, 0.25) is 5.95 Å². The lowest BCUT2D eigenvalue weighted by Crippen LogP contribution is -2.41. The number of carbonyl (C=O) groups excluding carboxylic acids is 2. The maximum absolute atomic E-state index is 12.5. The van der Waals surface area contributed by atoms with E-state index in [-0.39, 0.29) is 24.2 Å². The summed E-state index contributed by atoms with van der Waals surface area (Å²) in [7, 11) is 3.32. The normalized spacial score (nSPS) is 14.6. The summed E-state index contributed by atoms with van der Waals surface area (Å²) in [4.78, 5) is 38.2. The molecule has 0 spiro atoms. The fourth-order valence-corrected chi connectivity index (χ4v) is 2.86. The van der Waals surface area contributed by atoms with Gasteiger partial charge in [-0.05, 0) is 24.6 Å². The molecular formula is C18H24N6O3. The van der Waals surface area contributed by atoms with Crippen molar-refractivity contribution < 1.29 is 14.0 Å². The third-order valence-electron chi connectivity index (χ3n) is 4.31. The molecule has 3 heterocycles. The van der Waals surface area contributed by atoms with Gasteiger partial charge in [0, 0.05) is 52.7 Å². The number of aromatic nitrogens is 2. The minimum Gasteiger partial charge on any atom is -0.454 e. The number of nitrogens with zero attached hydrogens (tertiary/aromatic N) is 5. The van der Waals surface area contributed by atoms with E-state index >= 15 is 0 Å². The molecule has 1 aliphatic rings. The second-order valence-electron chi connectivity index (χ2n) is 6.50. The molecule has 1 saturated heterocycles. The molecule has 0 atom stereocenters. The Morgan fingerprint density at radius 2 is 1.93 bits per heavy atom. The zero-order valence-electron chi connectivity index (χ0n) is 15.6. The minimum absolute atomic E-state index is 0.150. The summed E-state index contributed by atoms with van der Waals surface area (Å²) in [5, 5.41) is 2.85. The summed E-state index contributed by atoms with van der Waals surface area (Å²) in [5.74, 6) is 1.29. The predicted molar refractivity (Wildman–Crippen MR) is 99.4 cm³/mol. The van der Waals surface area contributed by atoms with Crippen LogP contribution < -0.4 is 10.2 Å². The molecule has 0 saturated carbocycles. The number of carbonyl (C=O) groups is 2. The first-order valence-electron chi connectivity index (χ1n) is 8.89. The molecule has 144 valence electrons. The van der Waals surface area contributed by atoms with Gasteiger partial charge in [-0.1, -0.05) is 0 Å². The largest absolute Gasteiger partial charge is 0.454 e. The summed E-state index contributed by atoms with van der Waals surface area (Å²) in [6, 6.07) is 4.96. The number of amides is 3. The molecule has 27 heavy (non-hydrogen) atoms. The lowest BCUT2D eigenvalue weighted by molar-refractivity contribution is 0.0794. The number of nitrogens with one attached hydrogen (secondary N) is 1. The molecule has 3 rings (SSSR count). The van der Waals surface area contributed by atoms with E-state index in [9.17, 15) is 9.59 Å². The quantitative estimate of drug-likeness (QED) is 0.866. The van der Waals surface area contributed by atoms with Crippen LogP contribution >= 0.6 is 0 Å². The van der Waals surface area contributed by atoms with Crippen molar-refractivity contribution in [3.05, 3.63) is 42.1 Å². The maximum atomic E-state index is 12.5. The number of furan rings is 1. The molecule has 0 radical (unpaired) electrons. The van der Waals surface area contributed by atoms with E-state index in [4.69, 9.17) is 4.42 Å². The van der Waals surface area contributed by atoms with Crippen LogP contribution in [0.5, 0.6) is 0 Å². The van der Waals surface area contributed by atoms with Gasteiger partial charge in [0.05, 0.1) is 6.54 Å². The Morgan fingerprint density at radius 1 is 1.15 bits per heavy atom. The van der Waals surface area contributed by atoms with E-state index in [1.54, 1.807) is 49.6 Å². The van der Waals surface area contributed by atoms with Gasteiger partial charge in [0.1, 0.15) is 5.76 Å². The summed E-state index contributed by atoms with van der Waals surface area (Å²) in [5.41, 5.74) is 0. The highest BCUT2D eigenvalue weighted by Crippen LogP contribution is 2.12. The van der Waals surface area contributed by atoms with Crippen LogP contribution in [0.15, 0.2) is 35.0 Å². The first-order valence-corrected chi connectivity index (χ1v) is 8.89. The zero-order chi connectivity index (χ0) is 19.2. The third kappa shape index (κ3) is 4.75. The Morgan fingerprint density at radius 3 is 2.67 bits per heavy atom. The molecule has 9 heteroatoms. The van der Waals surface area contributed by atoms with Crippen molar-refractivity contribution in [3.8, 4) is 0 Å². The predicted octanol–water partition coefficient (Wildman–Crippen LogP) is 1.19. The Hall–Kier alpha value is -3.10. The van der Waals surface area contributed by atoms with Crippen LogP contribution in [0.4, 0.5) is 10.7 Å². The van der Waals surface area contributed by atoms with Gasteiger partial charge in [-0.25, -0.2) is 14.8 Å². The van der Waals surface area contributed by atoms with Crippen molar-refractivity contribution in [3.63, 3.8) is 0 Å². The highest BCUT2D eigenvalue weighted by atomic mass is 16.4. The van der Waals surface area contributed by atoms with Gasteiger partial charge in [0.25, 0.3) is 5.91 Å². The Bertz CT molecular complexity index is 776. The standard InChI is InChI=1S/C18H24N6O3/c1-22(2)16(25)15-6-5-14(27-15)13-21-18(26)24-10-4-9-23(11-12-24)17-19-7-3-8-20-17/h3,5-8H,4,9-13H2,1-2H3,(H,21,26). The molecule has 1 fully saturated rings. The number of urea groups is 1. The molecule has 0 unspecified atom stereocenters. The Balaban J connectivity index is 1.51. The van der Waals surface area contributed by atoms with Crippen molar-refractivity contribution in [2.24, 2.45) is 0 Å². The minimum atomic E-state index is -0.205. The molecule has 1 aliphatic heterocycles. The molecule has 0 aliphatic carbocycles. The van der Waals surface area contributed by atoms with E-state index in [0.717, 1.165) is 13.0 Å². The van der Waals surface area contributed by atoms with Crippen LogP contribution in [-0.2, 0) is 6.54 Å². The first kappa shape index (κ1) is 18.7. The average Bonchev–Trinajstić information content (AvgIpc) is 3.01. The molecule has 0 aromatic carbocycles. The van der Waals surface area contributed by atoms with E-state index < -0.39 is 0 Å². The van der Waals surface area contributed by atoms with Crippen molar-refractivity contribution in [1.82, 2.24) is 25.1 Å². The van der Waals surface area contributed by atoms with Gasteiger partial charge >= 0.3 is 6.03 Å². The Kier molecular flexibility index (Phi) is 5.90. The van der Waals surface area contributed by atoms with Gasteiger partial charge in [0.15, 0.2) is 5.76 Å². The summed E-state index contributed by atoms with van der Waals surface area (Å²) in [6.07, 6.45) is 4.28. The van der Waals surface area contributed by atoms with E-state index in [0.29, 0.717) is 31.3 Å². The third-order valence-corrected chi connectivity index (χ3v) is 4.31. The lowest BCUT2D eigenvalue weighted by atomic mass is 10.4. The van der Waals surface area contributed by atoms with Gasteiger partial charge in [-0.3, -0.25) is 4.79 Å². The van der Waals surface area contributed by atoms with Crippen LogP contribution in [0.1, 0.15) is 22.7 Å². The molecule has 1 N–H and O–H groups in total. The second kappa shape index (κ2) is 8.52. The van der Waals surface area contributed by atoms with Crippen LogP contribution in [0.25, 0.3) is 0 Å². The molecular weight excluding hydrogens is 348 g/mol. The fraction of sp³-hybridized carbons (Fsp3) is 0.444. The number of hydrogen-bond acceptors (Lipinski definition) is 6. The van der Waals surface area contributed by atoms with Crippen molar-refractivity contribution in [1.29, 1.82) is 0 Å². The van der Waals surface area contributed by atoms with Gasteiger partial charge < -0.3 is 24.4 Å². The maximum Gasteiger partial charge on any atom is 0.317 e. The van der Waals surface area contributed by atoms with Crippen molar-refractivity contribution in [2.75, 3.05) is 45.2 Å². The highest BCUT2D eigenvalue weighted by molar-refractivity contribution is 5.91. The van der Waals surface area contributed by atoms with Crippen LogP contribution in [0, 0.1) is 0 Å². The second-order valence-corrected chi connectivity index (χ2v) is 6.50. The first-order chi connectivity index (χ1) is 13.0. The summed E-state index contributed by atoms with van der Waals surface area (Å²) >= 11 is 0. The number of anilines is 1. The topological polar surface area (TPSA) is 94.8 Å². The van der Waals surface area contributed by atoms with Gasteiger partial charge in [-0.2, -0.15) is 0 Å². The van der Waals surface area contributed by atoms with Crippen molar-refractivity contribution >= 4 is 17.9 Å². The Labute approximate surface area is 158 Å². The molecule has 3 amide bonds.